The van der Waals surface area contributed by atoms with Gasteiger partial charge in [-0.2, -0.15) is 10.2 Å². The van der Waals surface area contributed by atoms with E-state index in [-0.39, 0.29) is 0 Å². The van der Waals surface area contributed by atoms with E-state index in [2.05, 4.69) is 26.7 Å². The van der Waals surface area contributed by atoms with Gasteiger partial charge in [0.05, 0.1) is 18.4 Å². The quantitative estimate of drug-likeness (QED) is 0.678. The summed E-state index contributed by atoms with van der Waals surface area (Å²) in [5.41, 5.74) is 2.45. The van der Waals surface area contributed by atoms with Gasteiger partial charge in [0.25, 0.3) is 0 Å². The van der Waals surface area contributed by atoms with Gasteiger partial charge in [0, 0.05) is 12.7 Å². The second-order valence-corrected chi connectivity index (χ2v) is 5.57. The van der Waals surface area contributed by atoms with Crippen LogP contribution in [0.4, 0.5) is 17.5 Å². The molecule has 26 heavy (non-hydrogen) atoms. The molecule has 0 aliphatic rings. The van der Waals surface area contributed by atoms with E-state index >= 15 is 0 Å². The first kappa shape index (κ1) is 17.2. The Balaban J connectivity index is 1.59. The molecule has 0 aliphatic heterocycles. The molecule has 1 aromatic heterocycles. The van der Waals surface area contributed by atoms with Crippen molar-refractivity contribution in [2.75, 3.05) is 24.3 Å². The van der Waals surface area contributed by atoms with E-state index in [1.54, 1.807) is 19.4 Å². The van der Waals surface area contributed by atoms with Crippen LogP contribution in [0.15, 0.2) is 60.8 Å². The Hall–Kier alpha value is -3.59. The molecule has 0 bridgehead atoms. The summed E-state index contributed by atoms with van der Waals surface area (Å²) < 4.78 is 5.16. The van der Waals surface area contributed by atoms with E-state index in [0.29, 0.717) is 17.2 Å². The van der Waals surface area contributed by atoms with Crippen LogP contribution in [0.3, 0.4) is 0 Å². The molecule has 0 spiro atoms. The van der Waals surface area contributed by atoms with Crippen LogP contribution in [-0.4, -0.2) is 23.6 Å². The highest BCUT2D eigenvalue weighted by molar-refractivity contribution is 5.63. The average molecular weight is 345 g/mol. The standard InChI is InChI=1S/C20H19N5O/c1-26-17-8-6-15(7-9-17)10-12-22-19-11-13-23-20(25-19)24-18-5-3-2-4-16(18)14-21/h2-9,11,13H,10,12H2,1H3,(H2,22,23,24,25). The number of benzene rings is 2. The molecule has 1 heterocycles. The Labute approximate surface area is 152 Å². The second kappa shape index (κ2) is 8.49. The monoisotopic (exact) mass is 345 g/mol. The minimum atomic E-state index is 0.446. The molecule has 3 rings (SSSR count). The number of rotatable bonds is 7. The third-order valence-corrected chi connectivity index (χ3v) is 3.83. The third-order valence-electron chi connectivity index (χ3n) is 3.83. The normalized spacial score (nSPS) is 10.0. The van der Waals surface area contributed by atoms with E-state index in [9.17, 15) is 0 Å². The second-order valence-electron chi connectivity index (χ2n) is 5.57. The Morgan fingerprint density at radius 1 is 1.08 bits per heavy atom. The summed E-state index contributed by atoms with van der Waals surface area (Å²) in [6, 6.07) is 19.2. The van der Waals surface area contributed by atoms with Crippen molar-refractivity contribution in [3.63, 3.8) is 0 Å². The first-order valence-corrected chi connectivity index (χ1v) is 8.24. The van der Waals surface area contributed by atoms with Crippen LogP contribution in [0.25, 0.3) is 0 Å². The zero-order valence-electron chi connectivity index (χ0n) is 14.4. The summed E-state index contributed by atoms with van der Waals surface area (Å²) in [7, 11) is 1.66. The van der Waals surface area contributed by atoms with Crippen molar-refractivity contribution in [1.82, 2.24) is 9.97 Å². The maximum Gasteiger partial charge on any atom is 0.229 e. The van der Waals surface area contributed by atoms with Crippen LogP contribution in [0, 0.1) is 11.3 Å². The smallest absolute Gasteiger partial charge is 0.229 e. The lowest BCUT2D eigenvalue weighted by atomic mass is 10.1. The molecule has 6 nitrogen and oxygen atoms in total. The number of nitrogens with zero attached hydrogens (tertiary/aromatic N) is 3. The van der Waals surface area contributed by atoms with E-state index < -0.39 is 0 Å². The molecular weight excluding hydrogens is 326 g/mol. The van der Waals surface area contributed by atoms with Gasteiger partial charge in [0.1, 0.15) is 17.6 Å². The van der Waals surface area contributed by atoms with Crippen molar-refractivity contribution in [2.45, 2.75) is 6.42 Å². The number of methoxy groups -OCH3 is 1. The summed E-state index contributed by atoms with van der Waals surface area (Å²) in [4.78, 5) is 8.65. The molecule has 0 unspecified atom stereocenters. The van der Waals surface area contributed by atoms with Crippen LogP contribution >= 0.6 is 0 Å². The number of hydrogen-bond donors (Lipinski definition) is 2. The Kier molecular flexibility index (Phi) is 5.63. The highest BCUT2D eigenvalue weighted by atomic mass is 16.5. The third kappa shape index (κ3) is 4.48. The van der Waals surface area contributed by atoms with Gasteiger partial charge in [0.2, 0.25) is 5.95 Å². The number of para-hydroxylation sites is 1. The fourth-order valence-electron chi connectivity index (χ4n) is 2.45. The van der Waals surface area contributed by atoms with E-state index in [1.165, 1.54) is 5.56 Å². The highest BCUT2D eigenvalue weighted by Crippen LogP contribution is 2.18. The molecule has 0 amide bonds. The van der Waals surface area contributed by atoms with Gasteiger partial charge in [-0.05, 0) is 42.3 Å². The van der Waals surface area contributed by atoms with Crippen molar-refractivity contribution in [3.8, 4) is 11.8 Å². The Morgan fingerprint density at radius 3 is 2.65 bits per heavy atom. The lowest BCUT2D eigenvalue weighted by molar-refractivity contribution is 0.414. The minimum absolute atomic E-state index is 0.446. The SMILES string of the molecule is COc1ccc(CCNc2ccnc(Nc3ccccc3C#N)n2)cc1. The average Bonchev–Trinajstić information content (AvgIpc) is 2.69. The molecule has 6 heteroatoms. The molecule has 0 saturated carbocycles. The molecule has 0 atom stereocenters. The number of ether oxygens (including phenoxy) is 1. The molecule has 0 saturated heterocycles. The molecule has 0 aliphatic carbocycles. The van der Waals surface area contributed by atoms with Crippen LogP contribution in [0.2, 0.25) is 0 Å². The van der Waals surface area contributed by atoms with Gasteiger partial charge in [-0.3, -0.25) is 0 Å². The molecule has 130 valence electrons. The van der Waals surface area contributed by atoms with Crippen molar-refractivity contribution >= 4 is 17.5 Å². The summed E-state index contributed by atoms with van der Waals surface area (Å²) in [5, 5.41) is 15.5. The van der Waals surface area contributed by atoms with Gasteiger partial charge in [-0.25, -0.2) is 4.98 Å². The zero-order valence-corrected chi connectivity index (χ0v) is 14.4. The van der Waals surface area contributed by atoms with Crippen LogP contribution in [-0.2, 0) is 6.42 Å². The highest BCUT2D eigenvalue weighted by Gasteiger charge is 2.04. The van der Waals surface area contributed by atoms with Gasteiger partial charge in [-0.15, -0.1) is 0 Å². The van der Waals surface area contributed by atoms with E-state index in [1.807, 2.05) is 48.5 Å². The van der Waals surface area contributed by atoms with Crippen molar-refractivity contribution in [2.24, 2.45) is 0 Å². The number of hydrogen-bond acceptors (Lipinski definition) is 6. The molecule has 2 aromatic carbocycles. The summed E-state index contributed by atoms with van der Waals surface area (Å²) in [6.45, 7) is 0.748. The van der Waals surface area contributed by atoms with Gasteiger partial charge in [0.15, 0.2) is 0 Å². The molecule has 0 fully saturated rings. The van der Waals surface area contributed by atoms with Gasteiger partial charge >= 0.3 is 0 Å². The first-order valence-electron chi connectivity index (χ1n) is 8.24. The number of nitrogens with one attached hydrogen (secondary N) is 2. The lowest BCUT2D eigenvalue weighted by Crippen LogP contribution is -2.08. The van der Waals surface area contributed by atoms with Crippen molar-refractivity contribution < 1.29 is 4.74 Å². The summed E-state index contributed by atoms with van der Waals surface area (Å²) in [6.07, 6.45) is 2.55. The summed E-state index contributed by atoms with van der Waals surface area (Å²) in [5.74, 6) is 2.03. The Bertz CT molecular complexity index is 903. The molecular formula is C20H19N5O. The largest absolute Gasteiger partial charge is 0.497 e. The van der Waals surface area contributed by atoms with Gasteiger partial charge in [-0.1, -0.05) is 24.3 Å². The zero-order chi connectivity index (χ0) is 18.2. The molecule has 3 aromatic rings. The van der Waals surface area contributed by atoms with Crippen LogP contribution in [0.1, 0.15) is 11.1 Å². The Morgan fingerprint density at radius 2 is 1.88 bits per heavy atom. The number of anilines is 3. The number of nitriles is 1. The predicted octanol–water partition coefficient (Wildman–Crippen LogP) is 3.76. The first-order chi connectivity index (χ1) is 12.8. The van der Waals surface area contributed by atoms with Gasteiger partial charge < -0.3 is 15.4 Å². The topological polar surface area (TPSA) is 82.9 Å². The molecule has 0 radical (unpaired) electrons. The van der Waals surface area contributed by atoms with Crippen molar-refractivity contribution in [1.29, 1.82) is 5.26 Å². The summed E-state index contributed by atoms with van der Waals surface area (Å²) >= 11 is 0. The molecule has 2 N–H and O–H groups in total. The number of aromatic nitrogens is 2. The fraction of sp³-hybridized carbons (Fsp3) is 0.150. The van der Waals surface area contributed by atoms with Crippen molar-refractivity contribution in [3.05, 3.63) is 71.9 Å². The van der Waals surface area contributed by atoms with E-state index in [0.717, 1.165) is 24.5 Å². The van der Waals surface area contributed by atoms with Crippen LogP contribution < -0.4 is 15.4 Å². The minimum Gasteiger partial charge on any atom is -0.497 e. The van der Waals surface area contributed by atoms with E-state index in [4.69, 9.17) is 10.00 Å². The maximum absolute atomic E-state index is 9.16. The maximum atomic E-state index is 9.16. The van der Waals surface area contributed by atoms with Crippen LogP contribution in [0.5, 0.6) is 5.75 Å². The predicted molar refractivity (Wildman–Crippen MR) is 102 cm³/mol. The fourth-order valence-corrected chi connectivity index (χ4v) is 2.45. The lowest BCUT2D eigenvalue weighted by Gasteiger charge is -2.09.